The summed E-state index contributed by atoms with van der Waals surface area (Å²) in [5.41, 5.74) is 12.2. The van der Waals surface area contributed by atoms with E-state index in [0.29, 0.717) is 13.1 Å². The number of hydrogen-bond donors (Lipinski definition) is 4. The zero-order valence-electron chi connectivity index (χ0n) is 15.5. The average Bonchev–Trinajstić information content (AvgIpc) is 2.72. The van der Waals surface area contributed by atoms with Crippen LogP contribution in [0.25, 0.3) is 11.1 Å². The van der Waals surface area contributed by atoms with Crippen molar-refractivity contribution in [1.82, 2.24) is 0 Å². The Morgan fingerprint density at radius 1 is 1.00 bits per heavy atom. The van der Waals surface area contributed by atoms with Crippen molar-refractivity contribution >= 4 is 17.9 Å². The van der Waals surface area contributed by atoms with Crippen LogP contribution in [0.2, 0.25) is 0 Å². The van der Waals surface area contributed by atoms with E-state index < -0.39 is 5.97 Å². The second-order valence-corrected chi connectivity index (χ2v) is 6.54. The Morgan fingerprint density at radius 2 is 1.75 bits per heavy atom. The number of carbonyl (C=O) groups is 1. The molecule has 0 fully saturated rings. The molecule has 0 aliphatic rings. The Bertz CT molecular complexity index is 999. The lowest BCUT2D eigenvalue weighted by Gasteiger charge is -2.14. The number of hydrogen-bond acceptors (Lipinski definition) is 4. The van der Waals surface area contributed by atoms with Crippen LogP contribution >= 0.6 is 0 Å². The first-order chi connectivity index (χ1) is 13.6. The molecule has 0 radical (unpaired) electrons. The summed E-state index contributed by atoms with van der Waals surface area (Å²) in [6.07, 6.45) is 1.30. The third-order valence-electron chi connectivity index (χ3n) is 4.63. The highest BCUT2D eigenvalue weighted by atomic mass is 16.4. The Balaban J connectivity index is 1.87. The largest absolute Gasteiger partial charge is 0.481 e. The van der Waals surface area contributed by atoms with E-state index >= 15 is 0 Å². The van der Waals surface area contributed by atoms with Gasteiger partial charge in [-0.25, -0.2) is 0 Å². The Kier molecular flexibility index (Phi) is 6.19. The second kappa shape index (κ2) is 8.97. The van der Waals surface area contributed by atoms with E-state index in [9.17, 15) is 4.79 Å². The van der Waals surface area contributed by atoms with E-state index in [4.69, 9.17) is 16.2 Å². The van der Waals surface area contributed by atoms with E-state index in [1.54, 1.807) is 0 Å². The molecule has 0 heterocycles. The van der Waals surface area contributed by atoms with Gasteiger partial charge in [0.2, 0.25) is 0 Å². The fourth-order valence-electron chi connectivity index (χ4n) is 3.15. The summed E-state index contributed by atoms with van der Waals surface area (Å²) < 4.78 is 0. The lowest BCUT2D eigenvalue weighted by molar-refractivity contribution is -0.136. The van der Waals surface area contributed by atoms with Gasteiger partial charge in [0, 0.05) is 30.6 Å². The first kappa shape index (κ1) is 19.3. The topological polar surface area (TPSA) is 99.2 Å². The summed E-state index contributed by atoms with van der Waals surface area (Å²) in [6, 6.07) is 21.5. The molecule has 0 atom stereocenters. The monoisotopic (exact) mass is 373 g/mol. The maximum Gasteiger partial charge on any atom is 0.307 e. The van der Waals surface area contributed by atoms with Gasteiger partial charge in [-0.1, -0.05) is 54.6 Å². The third-order valence-corrected chi connectivity index (χ3v) is 4.63. The van der Waals surface area contributed by atoms with Gasteiger partial charge in [0.25, 0.3) is 0 Å². The number of benzene rings is 3. The number of nitrogens with two attached hydrogens (primary N) is 1. The number of aliphatic carboxylic acids is 1. The van der Waals surface area contributed by atoms with Crippen molar-refractivity contribution in [1.29, 1.82) is 5.41 Å². The summed E-state index contributed by atoms with van der Waals surface area (Å²) in [5, 5.41) is 20.2. The van der Waals surface area contributed by atoms with E-state index in [1.807, 2.05) is 60.7 Å². The van der Waals surface area contributed by atoms with E-state index in [-0.39, 0.29) is 6.42 Å². The van der Waals surface area contributed by atoms with Crippen molar-refractivity contribution in [2.75, 3.05) is 5.32 Å². The predicted octanol–water partition coefficient (Wildman–Crippen LogP) is 4.05. The summed E-state index contributed by atoms with van der Waals surface area (Å²) in [4.78, 5) is 11.1. The molecule has 3 aromatic carbocycles. The van der Waals surface area contributed by atoms with Gasteiger partial charge in [0.05, 0.1) is 6.42 Å². The summed E-state index contributed by atoms with van der Waals surface area (Å²) >= 11 is 0. The molecule has 5 nitrogen and oxygen atoms in total. The van der Waals surface area contributed by atoms with Crippen LogP contribution in [-0.4, -0.2) is 17.3 Å². The van der Waals surface area contributed by atoms with Crippen molar-refractivity contribution in [3.63, 3.8) is 0 Å². The number of anilines is 1. The van der Waals surface area contributed by atoms with Gasteiger partial charge in [-0.2, -0.15) is 0 Å². The van der Waals surface area contributed by atoms with Crippen LogP contribution in [0, 0.1) is 5.41 Å². The molecule has 0 aliphatic heterocycles. The first-order valence-corrected chi connectivity index (χ1v) is 9.07. The molecule has 142 valence electrons. The van der Waals surface area contributed by atoms with Gasteiger partial charge in [-0.05, 0) is 39.9 Å². The maximum atomic E-state index is 11.1. The molecule has 0 saturated heterocycles. The van der Waals surface area contributed by atoms with Crippen LogP contribution in [-0.2, 0) is 24.3 Å². The second-order valence-electron chi connectivity index (χ2n) is 6.54. The number of nitrogens with one attached hydrogen (secondary N) is 2. The van der Waals surface area contributed by atoms with Crippen molar-refractivity contribution in [3.8, 4) is 11.1 Å². The molecule has 0 spiro atoms. The molecular formula is C23H23N3O2. The first-order valence-electron chi connectivity index (χ1n) is 9.07. The highest BCUT2D eigenvalue weighted by Gasteiger charge is 2.08. The van der Waals surface area contributed by atoms with Crippen LogP contribution in [0.3, 0.4) is 0 Å². The molecule has 3 aromatic rings. The number of carboxylic acids is 1. The maximum absolute atomic E-state index is 11.1. The molecule has 0 aromatic heterocycles. The zero-order chi connectivity index (χ0) is 19.9. The van der Waals surface area contributed by atoms with E-state index in [2.05, 4.69) is 11.4 Å². The van der Waals surface area contributed by atoms with Gasteiger partial charge >= 0.3 is 5.97 Å². The highest BCUT2D eigenvalue weighted by molar-refractivity contribution is 5.88. The molecular weight excluding hydrogens is 350 g/mol. The summed E-state index contributed by atoms with van der Waals surface area (Å²) in [5.74, 6) is -0.852. The quantitative estimate of drug-likeness (QED) is 0.448. The van der Waals surface area contributed by atoms with E-state index in [0.717, 1.165) is 39.1 Å². The summed E-state index contributed by atoms with van der Waals surface area (Å²) in [7, 11) is 0. The smallest absolute Gasteiger partial charge is 0.307 e. The van der Waals surface area contributed by atoms with Crippen molar-refractivity contribution in [2.45, 2.75) is 19.5 Å². The van der Waals surface area contributed by atoms with Crippen molar-refractivity contribution in [2.24, 2.45) is 5.73 Å². The molecule has 5 heteroatoms. The fourth-order valence-corrected chi connectivity index (χ4v) is 3.15. The Labute approximate surface area is 164 Å². The minimum Gasteiger partial charge on any atom is -0.481 e. The van der Waals surface area contributed by atoms with Crippen LogP contribution in [0.1, 0.15) is 22.3 Å². The normalized spacial score (nSPS) is 10.5. The molecule has 0 bridgehead atoms. The predicted molar refractivity (Wildman–Crippen MR) is 113 cm³/mol. The molecule has 0 aliphatic carbocycles. The minimum absolute atomic E-state index is 0.0127. The third kappa shape index (κ3) is 4.64. The van der Waals surface area contributed by atoms with Crippen LogP contribution in [0.15, 0.2) is 66.7 Å². The fraction of sp³-hybridized carbons (Fsp3) is 0.130. The van der Waals surface area contributed by atoms with Gasteiger partial charge in [0.15, 0.2) is 0 Å². The molecule has 0 unspecified atom stereocenters. The Hall–Kier alpha value is -3.44. The molecule has 28 heavy (non-hydrogen) atoms. The minimum atomic E-state index is -0.852. The summed E-state index contributed by atoms with van der Waals surface area (Å²) in [6.45, 7) is 0.967. The lowest BCUT2D eigenvalue weighted by Crippen LogP contribution is -2.08. The Morgan fingerprint density at radius 3 is 2.46 bits per heavy atom. The number of carboxylic acid groups (broad SMARTS) is 1. The SMILES string of the molecule is N=Cc1ccc(-c2cccc(CN)c2)cc1NCc1ccccc1CC(=O)O. The number of rotatable bonds is 8. The molecule has 3 rings (SSSR count). The van der Waals surface area contributed by atoms with Gasteiger partial charge < -0.3 is 21.6 Å². The van der Waals surface area contributed by atoms with Gasteiger partial charge in [-0.15, -0.1) is 0 Å². The lowest BCUT2D eigenvalue weighted by atomic mass is 10.00. The van der Waals surface area contributed by atoms with Gasteiger partial charge in [-0.3, -0.25) is 4.79 Å². The molecule has 5 N–H and O–H groups in total. The molecule has 0 amide bonds. The van der Waals surface area contributed by atoms with Crippen molar-refractivity contribution < 1.29 is 9.90 Å². The van der Waals surface area contributed by atoms with Crippen LogP contribution in [0.4, 0.5) is 5.69 Å². The highest BCUT2D eigenvalue weighted by Crippen LogP contribution is 2.26. The standard InChI is InChI=1S/C23H23N3O2/c24-13-16-4-3-7-17(10-16)19-8-9-20(14-25)22(11-19)26-15-21-6-2-1-5-18(21)12-23(27)28/h1-11,14,25-26H,12-13,15,24H2,(H,27,28). The van der Waals surface area contributed by atoms with E-state index in [1.165, 1.54) is 6.21 Å². The van der Waals surface area contributed by atoms with Crippen LogP contribution < -0.4 is 11.1 Å². The average molecular weight is 373 g/mol. The van der Waals surface area contributed by atoms with Crippen LogP contribution in [0.5, 0.6) is 0 Å². The molecule has 0 saturated carbocycles. The zero-order valence-corrected chi connectivity index (χ0v) is 15.5. The van der Waals surface area contributed by atoms with Gasteiger partial charge in [0.1, 0.15) is 0 Å². The van der Waals surface area contributed by atoms with Crippen molar-refractivity contribution in [3.05, 3.63) is 89.0 Å².